The first kappa shape index (κ1) is 23.5. The van der Waals surface area contributed by atoms with Crippen LogP contribution in [0.2, 0.25) is 0 Å². The number of benzene rings is 2. The topological polar surface area (TPSA) is 73.0 Å². The van der Waals surface area contributed by atoms with Crippen LogP contribution >= 0.6 is 0 Å². The number of unbranched alkanes of at least 4 members (excludes halogenated alkanes) is 1. The van der Waals surface area contributed by atoms with E-state index in [0.29, 0.717) is 24.2 Å². The van der Waals surface area contributed by atoms with Crippen LogP contribution in [0.3, 0.4) is 0 Å². The molecule has 2 fully saturated rings. The summed E-state index contributed by atoms with van der Waals surface area (Å²) in [5, 5.41) is 2.36. The van der Waals surface area contributed by atoms with Crippen molar-refractivity contribution in [2.75, 3.05) is 37.6 Å². The van der Waals surface area contributed by atoms with E-state index in [9.17, 15) is 18.8 Å². The van der Waals surface area contributed by atoms with E-state index >= 15 is 0 Å². The number of hydrogen-bond donors (Lipinski definition) is 1. The normalized spacial score (nSPS) is 20.8. The van der Waals surface area contributed by atoms with Gasteiger partial charge in [-0.3, -0.25) is 24.6 Å². The van der Waals surface area contributed by atoms with Crippen LogP contribution in [0.4, 0.5) is 10.1 Å². The molecule has 2 aromatic rings. The summed E-state index contributed by atoms with van der Waals surface area (Å²) >= 11 is 0. The van der Waals surface area contributed by atoms with Gasteiger partial charge in [-0.05, 0) is 61.6 Å². The van der Waals surface area contributed by atoms with Crippen molar-refractivity contribution in [2.45, 2.75) is 44.7 Å². The monoisotopic (exact) mass is 478 g/mol. The molecule has 0 aromatic heterocycles. The lowest BCUT2D eigenvalue weighted by atomic mass is 9.98. The van der Waals surface area contributed by atoms with Crippen molar-refractivity contribution < 1.29 is 18.8 Å². The highest BCUT2D eigenvalue weighted by atomic mass is 19.1. The Bertz CT molecular complexity index is 1130. The molecule has 7 nitrogen and oxygen atoms in total. The molecular formula is C27H31FN4O3. The van der Waals surface area contributed by atoms with Gasteiger partial charge in [-0.15, -0.1) is 0 Å². The van der Waals surface area contributed by atoms with Gasteiger partial charge in [0.05, 0.1) is 5.69 Å². The van der Waals surface area contributed by atoms with Gasteiger partial charge in [0.2, 0.25) is 11.8 Å². The molecule has 1 N–H and O–H groups in total. The number of rotatable bonds is 7. The van der Waals surface area contributed by atoms with Gasteiger partial charge in [0.25, 0.3) is 5.91 Å². The number of aryl methyl sites for hydroxylation is 1. The van der Waals surface area contributed by atoms with Gasteiger partial charge < -0.3 is 9.80 Å². The molecule has 3 aliphatic rings. The smallest absolute Gasteiger partial charge is 0.255 e. The molecule has 5 rings (SSSR count). The maximum atomic E-state index is 14.1. The van der Waals surface area contributed by atoms with Crippen molar-refractivity contribution in [1.82, 2.24) is 15.1 Å². The van der Waals surface area contributed by atoms with E-state index in [2.05, 4.69) is 21.2 Å². The van der Waals surface area contributed by atoms with E-state index in [-0.39, 0.29) is 30.0 Å². The number of fused-ring (bicyclic) bond motifs is 1. The number of piperazine rings is 1. The zero-order valence-corrected chi connectivity index (χ0v) is 19.8. The third-order valence-electron chi connectivity index (χ3n) is 7.41. The Morgan fingerprint density at radius 2 is 1.74 bits per heavy atom. The molecule has 2 saturated heterocycles. The lowest BCUT2D eigenvalue weighted by Gasteiger charge is -2.36. The van der Waals surface area contributed by atoms with Crippen LogP contribution < -0.4 is 10.2 Å². The molecule has 0 aliphatic carbocycles. The molecule has 1 atom stereocenters. The summed E-state index contributed by atoms with van der Waals surface area (Å²) in [7, 11) is 0. The molecule has 35 heavy (non-hydrogen) atoms. The number of nitrogens with one attached hydrogen (secondary N) is 1. The van der Waals surface area contributed by atoms with Crippen molar-refractivity contribution in [3.05, 3.63) is 65.0 Å². The van der Waals surface area contributed by atoms with Crippen molar-refractivity contribution in [3.63, 3.8) is 0 Å². The first-order valence-electron chi connectivity index (χ1n) is 12.5. The van der Waals surface area contributed by atoms with Gasteiger partial charge >= 0.3 is 0 Å². The lowest BCUT2D eigenvalue weighted by Crippen LogP contribution is -2.52. The molecule has 184 valence electrons. The summed E-state index contributed by atoms with van der Waals surface area (Å²) < 4.78 is 14.1. The summed E-state index contributed by atoms with van der Waals surface area (Å²) in [4.78, 5) is 42.9. The Hall–Kier alpha value is -3.26. The van der Waals surface area contributed by atoms with Crippen LogP contribution in [0.5, 0.6) is 0 Å². The Labute approximate surface area is 204 Å². The van der Waals surface area contributed by atoms with E-state index < -0.39 is 6.04 Å². The van der Waals surface area contributed by atoms with Crippen LogP contribution in [-0.2, 0) is 22.6 Å². The number of halogens is 1. The van der Waals surface area contributed by atoms with Crippen LogP contribution in [0.1, 0.15) is 47.2 Å². The van der Waals surface area contributed by atoms with Crippen LogP contribution in [0.15, 0.2) is 42.5 Å². The molecule has 3 aliphatic heterocycles. The first-order chi connectivity index (χ1) is 17.0. The Morgan fingerprint density at radius 1 is 0.943 bits per heavy atom. The molecule has 0 spiro atoms. The fraction of sp³-hybridized carbons (Fsp3) is 0.444. The SMILES string of the molecule is O=C1CCC(N2Cc3c(CCCCN4CCN(c5ccccc5F)CC4)cccc3C2=O)C(=O)N1. The highest BCUT2D eigenvalue weighted by molar-refractivity contribution is 6.05. The second kappa shape index (κ2) is 10.2. The molecule has 2 aromatic carbocycles. The molecule has 0 saturated carbocycles. The van der Waals surface area contributed by atoms with Crippen LogP contribution in [-0.4, -0.2) is 66.3 Å². The number of hydrogen-bond acceptors (Lipinski definition) is 5. The minimum absolute atomic E-state index is 0.121. The quantitative estimate of drug-likeness (QED) is 0.490. The zero-order chi connectivity index (χ0) is 24.4. The number of carbonyl (C=O) groups excluding carboxylic acids is 3. The average molecular weight is 479 g/mol. The maximum absolute atomic E-state index is 14.1. The number of nitrogens with zero attached hydrogens (tertiary/aromatic N) is 3. The predicted octanol–water partition coefficient (Wildman–Crippen LogP) is 2.73. The molecule has 0 radical (unpaired) electrons. The number of piperidine rings is 1. The van der Waals surface area contributed by atoms with Crippen molar-refractivity contribution in [3.8, 4) is 0 Å². The number of imide groups is 1. The molecule has 3 heterocycles. The largest absolute Gasteiger partial charge is 0.367 e. The summed E-state index contributed by atoms with van der Waals surface area (Å²) in [6, 6.07) is 12.2. The fourth-order valence-corrected chi connectivity index (χ4v) is 5.46. The van der Waals surface area contributed by atoms with Crippen molar-refractivity contribution in [2.24, 2.45) is 0 Å². The number of anilines is 1. The highest BCUT2D eigenvalue weighted by Crippen LogP contribution is 2.30. The first-order valence-corrected chi connectivity index (χ1v) is 12.5. The van der Waals surface area contributed by atoms with Gasteiger partial charge in [0, 0.05) is 44.7 Å². The van der Waals surface area contributed by atoms with E-state index in [0.717, 1.165) is 63.1 Å². The Balaban J connectivity index is 1.11. The number of para-hydroxylation sites is 1. The van der Waals surface area contributed by atoms with Gasteiger partial charge in [-0.1, -0.05) is 24.3 Å². The third-order valence-corrected chi connectivity index (χ3v) is 7.41. The maximum Gasteiger partial charge on any atom is 0.255 e. The Morgan fingerprint density at radius 3 is 2.51 bits per heavy atom. The average Bonchev–Trinajstić information content (AvgIpc) is 3.19. The number of carbonyl (C=O) groups is 3. The van der Waals surface area contributed by atoms with Crippen molar-refractivity contribution >= 4 is 23.4 Å². The highest BCUT2D eigenvalue weighted by Gasteiger charge is 2.39. The number of amides is 3. The molecule has 3 amide bonds. The minimum Gasteiger partial charge on any atom is -0.367 e. The zero-order valence-electron chi connectivity index (χ0n) is 19.8. The summed E-state index contributed by atoms with van der Waals surface area (Å²) in [6.07, 6.45) is 3.58. The summed E-state index contributed by atoms with van der Waals surface area (Å²) in [5.41, 5.74) is 3.54. The molecular weight excluding hydrogens is 447 g/mol. The second-order valence-electron chi connectivity index (χ2n) is 9.58. The van der Waals surface area contributed by atoms with Crippen molar-refractivity contribution in [1.29, 1.82) is 0 Å². The van der Waals surface area contributed by atoms with E-state index in [1.54, 1.807) is 11.0 Å². The minimum atomic E-state index is -0.580. The van der Waals surface area contributed by atoms with Gasteiger partial charge in [0.15, 0.2) is 0 Å². The molecule has 8 heteroatoms. The summed E-state index contributed by atoms with van der Waals surface area (Å²) in [6.45, 7) is 4.92. The van der Waals surface area contributed by atoms with Crippen LogP contribution in [0, 0.1) is 5.82 Å². The predicted molar refractivity (Wildman–Crippen MR) is 130 cm³/mol. The van der Waals surface area contributed by atoms with Crippen LogP contribution in [0.25, 0.3) is 0 Å². The van der Waals surface area contributed by atoms with E-state index in [4.69, 9.17) is 0 Å². The second-order valence-corrected chi connectivity index (χ2v) is 9.58. The third kappa shape index (κ3) is 4.93. The van der Waals surface area contributed by atoms with E-state index in [1.807, 2.05) is 24.3 Å². The van der Waals surface area contributed by atoms with E-state index in [1.165, 1.54) is 6.07 Å². The lowest BCUT2D eigenvalue weighted by molar-refractivity contribution is -0.136. The van der Waals surface area contributed by atoms with Gasteiger partial charge in [-0.25, -0.2) is 4.39 Å². The standard InChI is InChI=1S/C27H31FN4O3/c28-22-9-1-2-10-23(22)31-16-14-30(15-17-31)13-4-3-6-19-7-5-8-20-21(19)18-32(27(20)35)24-11-12-25(33)29-26(24)34/h1-2,5,7-10,24H,3-4,6,11-18H2,(H,29,33,34). The van der Waals surface area contributed by atoms with Gasteiger partial charge in [0.1, 0.15) is 11.9 Å². The fourth-order valence-electron chi connectivity index (χ4n) is 5.46. The Kier molecular flexibility index (Phi) is 6.81. The van der Waals surface area contributed by atoms with Gasteiger partial charge in [-0.2, -0.15) is 0 Å². The molecule has 1 unspecified atom stereocenters. The summed E-state index contributed by atoms with van der Waals surface area (Å²) in [5.74, 6) is -0.932. The molecule has 0 bridgehead atoms.